The molecule has 3 N–H and O–H groups in total. The maximum absolute atomic E-state index is 8.66. The molecule has 0 spiro atoms. The topological polar surface area (TPSA) is 58.7 Å². The standard InChI is InChI=1S/C5H12N2O2/c6-7-1-2-9-4-5(7)3-8/h5,8H,1-4,6H2. The van der Waals surface area contributed by atoms with Gasteiger partial charge in [-0.05, 0) is 0 Å². The summed E-state index contributed by atoms with van der Waals surface area (Å²) in [6, 6.07) is -0.00116. The number of aliphatic hydroxyl groups excluding tert-OH is 1. The SMILES string of the molecule is NN1CCOCC1CO. The van der Waals surface area contributed by atoms with E-state index in [2.05, 4.69) is 0 Å². The molecule has 1 rings (SSSR count). The van der Waals surface area contributed by atoms with Crippen molar-refractivity contribution in [2.75, 3.05) is 26.4 Å². The molecule has 4 nitrogen and oxygen atoms in total. The van der Waals surface area contributed by atoms with Gasteiger partial charge in [0.25, 0.3) is 0 Å². The molecule has 1 fully saturated rings. The third kappa shape index (κ3) is 1.62. The summed E-state index contributed by atoms with van der Waals surface area (Å²) >= 11 is 0. The fourth-order valence-corrected chi connectivity index (χ4v) is 0.825. The molecule has 1 atom stereocenters. The third-order valence-corrected chi connectivity index (χ3v) is 1.48. The number of nitrogens with two attached hydrogens (primary N) is 1. The molecule has 0 radical (unpaired) electrons. The van der Waals surface area contributed by atoms with Crippen molar-refractivity contribution in [3.05, 3.63) is 0 Å². The zero-order valence-electron chi connectivity index (χ0n) is 5.29. The molecule has 1 aliphatic rings. The van der Waals surface area contributed by atoms with Gasteiger partial charge in [-0.1, -0.05) is 0 Å². The lowest BCUT2D eigenvalue weighted by Gasteiger charge is -2.29. The van der Waals surface area contributed by atoms with Gasteiger partial charge in [0.05, 0.1) is 25.9 Å². The zero-order valence-corrected chi connectivity index (χ0v) is 5.29. The highest BCUT2D eigenvalue weighted by atomic mass is 16.5. The molecule has 1 saturated heterocycles. The minimum absolute atomic E-state index is 0.00116. The van der Waals surface area contributed by atoms with Gasteiger partial charge >= 0.3 is 0 Å². The van der Waals surface area contributed by atoms with Crippen molar-refractivity contribution >= 4 is 0 Å². The van der Waals surface area contributed by atoms with Crippen LogP contribution in [0, 0.1) is 0 Å². The van der Waals surface area contributed by atoms with Crippen molar-refractivity contribution in [1.29, 1.82) is 0 Å². The molecule has 54 valence electrons. The van der Waals surface area contributed by atoms with E-state index in [0.717, 1.165) is 0 Å². The largest absolute Gasteiger partial charge is 0.395 e. The number of hydrogen-bond donors (Lipinski definition) is 2. The second-order valence-corrected chi connectivity index (χ2v) is 2.15. The first-order chi connectivity index (χ1) is 4.34. The third-order valence-electron chi connectivity index (χ3n) is 1.48. The Morgan fingerprint density at radius 3 is 3.00 bits per heavy atom. The summed E-state index contributed by atoms with van der Waals surface area (Å²) in [6.45, 7) is 2.02. The Hall–Kier alpha value is -0.160. The Balaban J connectivity index is 2.30. The smallest absolute Gasteiger partial charge is 0.0706 e. The highest BCUT2D eigenvalue weighted by molar-refractivity contribution is 4.68. The van der Waals surface area contributed by atoms with Crippen LogP contribution in [0.15, 0.2) is 0 Å². The molecule has 0 aromatic rings. The minimum Gasteiger partial charge on any atom is -0.395 e. The maximum Gasteiger partial charge on any atom is 0.0706 e. The Labute approximate surface area is 54.2 Å². The van der Waals surface area contributed by atoms with Crippen LogP contribution in [0.2, 0.25) is 0 Å². The normalized spacial score (nSPS) is 30.7. The van der Waals surface area contributed by atoms with E-state index in [1.165, 1.54) is 0 Å². The van der Waals surface area contributed by atoms with E-state index >= 15 is 0 Å². The Morgan fingerprint density at radius 2 is 2.56 bits per heavy atom. The molecular weight excluding hydrogens is 120 g/mol. The quantitative estimate of drug-likeness (QED) is 0.429. The van der Waals surface area contributed by atoms with Crippen molar-refractivity contribution in [2.24, 2.45) is 5.84 Å². The monoisotopic (exact) mass is 132 g/mol. The number of ether oxygens (including phenoxy) is 1. The molecule has 4 heteroatoms. The summed E-state index contributed by atoms with van der Waals surface area (Å²) in [4.78, 5) is 0. The van der Waals surface area contributed by atoms with E-state index in [-0.39, 0.29) is 12.6 Å². The van der Waals surface area contributed by atoms with Gasteiger partial charge in [0.2, 0.25) is 0 Å². The molecule has 0 aliphatic carbocycles. The van der Waals surface area contributed by atoms with E-state index in [1.54, 1.807) is 5.01 Å². The Morgan fingerprint density at radius 1 is 1.78 bits per heavy atom. The second-order valence-electron chi connectivity index (χ2n) is 2.15. The van der Waals surface area contributed by atoms with E-state index in [0.29, 0.717) is 19.8 Å². The van der Waals surface area contributed by atoms with E-state index in [4.69, 9.17) is 15.7 Å². The lowest BCUT2D eigenvalue weighted by atomic mass is 10.3. The summed E-state index contributed by atoms with van der Waals surface area (Å²) in [5.41, 5.74) is 0. The lowest BCUT2D eigenvalue weighted by molar-refractivity contribution is -0.0278. The highest BCUT2D eigenvalue weighted by Crippen LogP contribution is 1.99. The van der Waals surface area contributed by atoms with Crippen molar-refractivity contribution in [3.8, 4) is 0 Å². The van der Waals surface area contributed by atoms with Gasteiger partial charge in [-0.15, -0.1) is 0 Å². The molecule has 0 saturated carbocycles. The molecule has 9 heavy (non-hydrogen) atoms. The average molecular weight is 132 g/mol. The van der Waals surface area contributed by atoms with Gasteiger partial charge in [-0.25, -0.2) is 5.01 Å². The summed E-state index contributed by atoms with van der Waals surface area (Å²) in [5.74, 6) is 5.48. The first-order valence-corrected chi connectivity index (χ1v) is 3.04. The van der Waals surface area contributed by atoms with E-state index < -0.39 is 0 Å². The number of hydrazine groups is 1. The molecule has 1 unspecified atom stereocenters. The van der Waals surface area contributed by atoms with Crippen molar-refractivity contribution < 1.29 is 9.84 Å². The van der Waals surface area contributed by atoms with Crippen LogP contribution in [0.5, 0.6) is 0 Å². The molecular formula is C5H12N2O2. The van der Waals surface area contributed by atoms with Gasteiger partial charge in [0, 0.05) is 6.54 Å². The molecule has 1 heterocycles. The molecule has 0 bridgehead atoms. The van der Waals surface area contributed by atoms with Crippen LogP contribution in [0.3, 0.4) is 0 Å². The van der Waals surface area contributed by atoms with Crippen LogP contribution in [0.1, 0.15) is 0 Å². The van der Waals surface area contributed by atoms with Gasteiger partial charge in [0.1, 0.15) is 0 Å². The summed E-state index contributed by atoms with van der Waals surface area (Å²) < 4.78 is 5.06. The zero-order chi connectivity index (χ0) is 6.69. The van der Waals surface area contributed by atoms with Crippen molar-refractivity contribution in [2.45, 2.75) is 6.04 Å². The highest BCUT2D eigenvalue weighted by Gasteiger charge is 2.18. The van der Waals surface area contributed by atoms with Gasteiger partial charge in [-0.3, -0.25) is 5.84 Å². The molecule has 0 amide bonds. The average Bonchev–Trinajstić information content (AvgIpc) is 1.89. The molecule has 0 aromatic carbocycles. The summed E-state index contributed by atoms with van der Waals surface area (Å²) in [5, 5.41) is 10.3. The van der Waals surface area contributed by atoms with Gasteiger partial charge in [0.15, 0.2) is 0 Å². The van der Waals surface area contributed by atoms with Crippen LogP contribution in [-0.4, -0.2) is 42.5 Å². The summed E-state index contributed by atoms with van der Waals surface area (Å²) in [7, 11) is 0. The van der Waals surface area contributed by atoms with Gasteiger partial charge < -0.3 is 9.84 Å². The van der Waals surface area contributed by atoms with Crippen molar-refractivity contribution in [1.82, 2.24) is 5.01 Å². The van der Waals surface area contributed by atoms with Crippen LogP contribution >= 0.6 is 0 Å². The summed E-state index contributed by atoms with van der Waals surface area (Å²) in [6.07, 6.45) is 0. The molecule has 0 aromatic heterocycles. The fraction of sp³-hybridized carbons (Fsp3) is 1.00. The first-order valence-electron chi connectivity index (χ1n) is 3.04. The Kier molecular flexibility index (Phi) is 2.41. The molecule has 1 aliphatic heterocycles. The van der Waals surface area contributed by atoms with E-state index in [9.17, 15) is 0 Å². The van der Waals surface area contributed by atoms with Crippen LogP contribution in [-0.2, 0) is 4.74 Å². The maximum atomic E-state index is 8.66. The second kappa shape index (κ2) is 3.12. The van der Waals surface area contributed by atoms with Crippen LogP contribution in [0.25, 0.3) is 0 Å². The number of morpholine rings is 1. The van der Waals surface area contributed by atoms with E-state index in [1.807, 2.05) is 0 Å². The number of rotatable bonds is 1. The minimum atomic E-state index is -0.00116. The predicted molar refractivity (Wildman–Crippen MR) is 32.6 cm³/mol. The van der Waals surface area contributed by atoms with Crippen LogP contribution < -0.4 is 5.84 Å². The number of hydrogen-bond acceptors (Lipinski definition) is 4. The van der Waals surface area contributed by atoms with Crippen LogP contribution in [0.4, 0.5) is 0 Å². The predicted octanol–water partition coefficient (Wildman–Crippen LogP) is -1.45. The van der Waals surface area contributed by atoms with Crippen molar-refractivity contribution in [3.63, 3.8) is 0 Å². The number of nitrogens with zero attached hydrogens (tertiary/aromatic N) is 1. The first kappa shape index (κ1) is 6.95. The Bertz CT molecular complexity index is 89.0. The van der Waals surface area contributed by atoms with Gasteiger partial charge in [-0.2, -0.15) is 0 Å². The fourth-order valence-electron chi connectivity index (χ4n) is 0.825. The number of aliphatic hydroxyl groups is 1. The lowest BCUT2D eigenvalue weighted by Crippen LogP contribution is -2.51.